The summed E-state index contributed by atoms with van der Waals surface area (Å²) < 4.78 is 4.65. The summed E-state index contributed by atoms with van der Waals surface area (Å²) in [5.41, 5.74) is 0.0683. The first kappa shape index (κ1) is 14.2. The maximum absolute atomic E-state index is 11.4. The van der Waals surface area contributed by atoms with E-state index in [1.165, 1.54) is 6.07 Å². The number of aromatic nitrogens is 1. The molecule has 0 saturated heterocycles. The zero-order chi connectivity index (χ0) is 14.7. The second-order valence-electron chi connectivity index (χ2n) is 4.33. The molecule has 2 aromatic rings. The van der Waals surface area contributed by atoms with Gasteiger partial charge in [-0.2, -0.15) is 0 Å². The molecule has 1 aromatic heterocycles. The van der Waals surface area contributed by atoms with E-state index >= 15 is 0 Å². The smallest absolute Gasteiger partial charge is 0.338 e. The minimum Gasteiger partial charge on any atom is -0.464 e. The van der Waals surface area contributed by atoms with Crippen LogP contribution in [-0.2, 0) is 9.53 Å². The van der Waals surface area contributed by atoms with E-state index in [0.717, 1.165) is 5.39 Å². The van der Waals surface area contributed by atoms with Gasteiger partial charge in [0.25, 0.3) is 0 Å². The highest BCUT2D eigenvalue weighted by molar-refractivity contribution is 5.82. The fourth-order valence-corrected chi connectivity index (χ4v) is 1.90. The minimum atomic E-state index is -1.66. The Bertz CT molecular complexity index is 679. The number of aromatic amines is 1. The van der Waals surface area contributed by atoms with Gasteiger partial charge < -0.3 is 19.9 Å². The highest BCUT2D eigenvalue weighted by Gasteiger charge is 2.26. The van der Waals surface area contributed by atoms with Crippen molar-refractivity contribution < 1.29 is 19.7 Å². The summed E-state index contributed by atoms with van der Waals surface area (Å²) in [4.78, 5) is 25.2. The van der Waals surface area contributed by atoms with Crippen LogP contribution in [0.4, 0.5) is 0 Å². The molecule has 0 bridgehead atoms. The van der Waals surface area contributed by atoms with Crippen LogP contribution in [0.2, 0.25) is 0 Å². The molecule has 3 N–H and O–H groups in total. The van der Waals surface area contributed by atoms with Crippen molar-refractivity contribution in [3.63, 3.8) is 0 Å². The highest BCUT2D eigenvalue weighted by atomic mass is 16.5. The number of carbonyl (C=O) groups is 1. The van der Waals surface area contributed by atoms with Crippen molar-refractivity contribution in [1.82, 2.24) is 4.98 Å². The van der Waals surface area contributed by atoms with Crippen LogP contribution in [-0.4, -0.2) is 33.9 Å². The number of nitrogens with one attached hydrogen (secondary N) is 1. The molecule has 2 rings (SSSR count). The number of rotatable bonds is 4. The molecule has 106 valence electrons. The summed E-state index contributed by atoms with van der Waals surface area (Å²) in [5.74, 6) is -0.883. The van der Waals surface area contributed by atoms with Crippen molar-refractivity contribution in [2.24, 2.45) is 0 Å². The van der Waals surface area contributed by atoms with Gasteiger partial charge in [0.15, 0.2) is 6.10 Å². The van der Waals surface area contributed by atoms with Gasteiger partial charge >= 0.3 is 5.97 Å². The summed E-state index contributed by atoms with van der Waals surface area (Å²) >= 11 is 0. The molecule has 2 atom stereocenters. The summed E-state index contributed by atoms with van der Waals surface area (Å²) in [6, 6.07) is 6.19. The lowest BCUT2D eigenvalue weighted by Gasteiger charge is -2.17. The Hall–Kier alpha value is -2.18. The number of hydrogen-bond donors (Lipinski definition) is 3. The molecule has 6 nitrogen and oxygen atoms in total. The average molecular weight is 277 g/mol. The molecular formula is C14H15NO5. The molecule has 0 spiro atoms. The summed E-state index contributed by atoms with van der Waals surface area (Å²) in [5, 5.41) is 21.1. The lowest BCUT2D eigenvalue weighted by atomic mass is 10.0. The van der Waals surface area contributed by atoms with Crippen LogP contribution in [0.5, 0.6) is 0 Å². The molecule has 0 radical (unpaired) electrons. The third kappa shape index (κ3) is 2.87. The molecule has 6 heteroatoms. The standard InChI is InChI=1S/C14H15NO5/c1-2-20-14(19)13(18)12(17)8-3-4-9-7-15-11(16)6-10(9)5-8/h3-7,12-13,17-18H,2H2,1H3,(H,15,16). The van der Waals surface area contributed by atoms with Gasteiger partial charge in [-0.25, -0.2) is 4.79 Å². The molecule has 0 saturated carbocycles. The number of benzene rings is 1. The van der Waals surface area contributed by atoms with Crippen LogP contribution in [0, 0.1) is 0 Å². The summed E-state index contributed by atoms with van der Waals surface area (Å²) in [6.07, 6.45) is -1.51. The van der Waals surface area contributed by atoms with Gasteiger partial charge in [-0.1, -0.05) is 12.1 Å². The highest BCUT2D eigenvalue weighted by Crippen LogP contribution is 2.22. The maximum atomic E-state index is 11.4. The number of H-pyrrole nitrogens is 1. The number of aliphatic hydroxyl groups is 2. The Morgan fingerprint density at radius 3 is 2.75 bits per heavy atom. The number of hydrogen-bond acceptors (Lipinski definition) is 5. The molecular weight excluding hydrogens is 262 g/mol. The van der Waals surface area contributed by atoms with Crippen molar-refractivity contribution in [1.29, 1.82) is 0 Å². The molecule has 0 aliphatic carbocycles. The number of fused-ring (bicyclic) bond motifs is 1. The van der Waals surface area contributed by atoms with Crippen molar-refractivity contribution >= 4 is 16.7 Å². The molecule has 0 aliphatic heterocycles. The van der Waals surface area contributed by atoms with Crippen LogP contribution in [0.3, 0.4) is 0 Å². The van der Waals surface area contributed by atoms with Crippen molar-refractivity contribution in [2.75, 3.05) is 6.61 Å². The maximum Gasteiger partial charge on any atom is 0.338 e. The van der Waals surface area contributed by atoms with Crippen LogP contribution >= 0.6 is 0 Å². The SMILES string of the molecule is CCOC(=O)C(O)C(O)c1ccc2c[nH]c(=O)cc2c1. The topological polar surface area (TPSA) is 99.6 Å². The normalized spacial score (nSPS) is 13.9. The van der Waals surface area contributed by atoms with Crippen LogP contribution in [0.25, 0.3) is 10.8 Å². The second kappa shape index (κ2) is 5.85. The first-order valence-electron chi connectivity index (χ1n) is 6.18. The third-order valence-corrected chi connectivity index (χ3v) is 2.94. The monoisotopic (exact) mass is 277 g/mol. The number of aliphatic hydroxyl groups excluding tert-OH is 2. The Morgan fingerprint density at radius 1 is 1.30 bits per heavy atom. The van der Waals surface area contributed by atoms with E-state index in [9.17, 15) is 19.8 Å². The quantitative estimate of drug-likeness (QED) is 0.706. The molecule has 20 heavy (non-hydrogen) atoms. The molecule has 1 heterocycles. The summed E-state index contributed by atoms with van der Waals surface area (Å²) in [6.45, 7) is 1.73. The van der Waals surface area contributed by atoms with Crippen LogP contribution in [0.1, 0.15) is 18.6 Å². The van der Waals surface area contributed by atoms with E-state index in [4.69, 9.17) is 0 Å². The zero-order valence-corrected chi connectivity index (χ0v) is 10.9. The predicted molar refractivity (Wildman–Crippen MR) is 72.2 cm³/mol. The van der Waals surface area contributed by atoms with E-state index in [2.05, 4.69) is 9.72 Å². The van der Waals surface area contributed by atoms with Gasteiger partial charge in [0.2, 0.25) is 5.56 Å². The van der Waals surface area contributed by atoms with E-state index in [1.807, 2.05) is 0 Å². The zero-order valence-electron chi connectivity index (χ0n) is 10.9. The lowest BCUT2D eigenvalue weighted by Crippen LogP contribution is -2.29. The molecule has 0 aliphatic rings. The minimum absolute atomic E-state index is 0.121. The fraction of sp³-hybridized carbons (Fsp3) is 0.286. The van der Waals surface area contributed by atoms with Gasteiger partial charge in [-0.3, -0.25) is 4.79 Å². The Kier molecular flexibility index (Phi) is 4.16. The van der Waals surface area contributed by atoms with Crippen molar-refractivity contribution in [2.45, 2.75) is 19.1 Å². The van der Waals surface area contributed by atoms with E-state index < -0.39 is 18.2 Å². The van der Waals surface area contributed by atoms with E-state index in [0.29, 0.717) is 10.9 Å². The van der Waals surface area contributed by atoms with Crippen LogP contribution in [0.15, 0.2) is 35.3 Å². The molecule has 0 fully saturated rings. The first-order valence-corrected chi connectivity index (χ1v) is 6.18. The summed E-state index contributed by atoms with van der Waals surface area (Å²) in [7, 11) is 0. The van der Waals surface area contributed by atoms with Gasteiger partial charge in [0.05, 0.1) is 6.61 Å². The van der Waals surface area contributed by atoms with Crippen molar-refractivity contribution in [3.8, 4) is 0 Å². The van der Waals surface area contributed by atoms with E-state index in [1.54, 1.807) is 31.3 Å². The number of ether oxygens (including phenoxy) is 1. The first-order chi connectivity index (χ1) is 9.52. The lowest BCUT2D eigenvalue weighted by molar-refractivity contribution is -0.159. The van der Waals surface area contributed by atoms with E-state index in [-0.39, 0.29) is 12.2 Å². The third-order valence-electron chi connectivity index (χ3n) is 2.94. The van der Waals surface area contributed by atoms with Gasteiger partial charge in [-0.15, -0.1) is 0 Å². The Labute approximate surface area is 114 Å². The van der Waals surface area contributed by atoms with Gasteiger partial charge in [-0.05, 0) is 29.3 Å². The average Bonchev–Trinajstić information content (AvgIpc) is 2.45. The van der Waals surface area contributed by atoms with Gasteiger partial charge in [0.1, 0.15) is 6.10 Å². The Balaban J connectivity index is 2.32. The van der Waals surface area contributed by atoms with Crippen LogP contribution < -0.4 is 5.56 Å². The molecule has 2 unspecified atom stereocenters. The number of carbonyl (C=O) groups excluding carboxylic acids is 1. The fourth-order valence-electron chi connectivity index (χ4n) is 1.90. The van der Waals surface area contributed by atoms with Gasteiger partial charge in [0, 0.05) is 12.3 Å². The molecule has 1 aromatic carbocycles. The number of pyridine rings is 1. The largest absolute Gasteiger partial charge is 0.464 e. The van der Waals surface area contributed by atoms with Crippen molar-refractivity contribution in [3.05, 3.63) is 46.4 Å². The Morgan fingerprint density at radius 2 is 2.05 bits per heavy atom. The molecule has 0 amide bonds. The number of esters is 1. The predicted octanol–water partition coefficient (Wildman–Crippen LogP) is 0.485. The second-order valence-corrected chi connectivity index (χ2v) is 4.33.